The summed E-state index contributed by atoms with van der Waals surface area (Å²) >= 11 is 0. The van der Waals surface area contributed by atoms with E-state index < -0.39 is 0 Å². The maximum Gasteiger partial charge on any atom is 0.0622 e. The highest BCUT2D eigenvalue weighted by atomic mass is 16.5. The van der Waals surface area contributed by atoms with Crippen molar-refractivity contribution in [1.29, 1.82) is 0 Å². The minimum Gasteiger partial charge on any atom is -0.379 e. The fourth-order valence-electron chi connectivity index (χ4n) is 2.79. The Morgan fingerprint density at radius 3 is 2.31 bits per heavy atom. The van der Waals surface area contributed by atoms with Gasteiger partial charge in [0.05, 0.1) is 5.60 Å². The molecule has 0 aromatic heterocycles. The number of hydrogen-bond acceptors (Lipinski definition) is 2. The molecule has 2 heteroatoms. The third-order valence-corrected chi connectivity index (χ3v) is 4.29. The molecule has 0 amide bonds. The quantitative estimate of drug-likeness (QED) is 0.731. The van der Waals surface area contributed by atoms with Crippen LogP contribution in [0.3, 0.4) is 0 Å². The highest BCUT2D eigenvalue weighted by Gasteiger charge is 2.25. The zero-order valence-electron chi connectivity index (χ0n) is 11.3. The zero-order valence-corrected chi connectivity index (χ0v) is 11.3. The predicted molar refractivity (Wildman–Crippen MR) is 69.4 cm³/mol. The molecule has 0 aromatic carbocycles. The summed E-state index contributed by atoms with van der Waals surface area (Å²) < 4.78 is 5.50. The molecule has 0 saturated heterocycles. The second kappa shape index (κ2) is 6.61. The van der Waals surface area contributed by atoms with E-state index in [1.54, 1.807) is 0 Å². The Morgan fingerprint density at radius 2 is 1.75 bits per heavy atom. The average molecular weight is 227 g/mol. The molecule has 1 rings (SSSR count). The molecule has 0 radical (unpaired) electrons. The summed E-state index contributed by atoms with van der Waals surface area (Å²) in [6.45, 7) is 5.24. The molecule has 1 aliphatic carbocycles. The SMILES string of the molecule is COC(C)(C)CCC1CCCCCC1CN. The van der Waals surface area contributed by atoms with Crippen molar-refractivity contribution in [1.82, 2.24) is 0 Å². The molecule has 2 unspecified atom stereocenters. The van der Waals surface area contributed by atoms with Gasteiger partial charge in [-0.15, -0.1) is 0 Å². The van der Waals surface area contributed by atoms with Gasteiger partial charge in [0.1, 0.15) is 0 Å². The van der Waals surface area contributed by atoms with Crippen LogP contribution in [0.25, 0.3) is 0 Å². The van der Waals surface area contributed by atoms with Crippen LogP contribution < -0.4 is 5.73 Å². The molecule has 2 N–H and O–H groups in total. The Hall–Kier alpha value is -0.0800. The lowest BCUT2D eigenvalue weighted by atomic mass is 9.82. The van der Waals surface area contributed by atoms with Crippen LogP contribution in [-0.2, 0) is 4.74 Å². The summed E-state index contributed by atoms with van der Waals surface area (Å²) in [5.74, 6) is 1.59. The lowest BCUT2D eigenvalue weighted by molar-refractivity contribution is 0.00797. The Kier molecular flexibility index (Phi) is 5.77. The van der Waals surface area contributed by atoms with Gasteiger partial charge in [-0.25, -0.2) is 0 Å². The van der Waals surface area contributed by atoms with Crippen LogP contribution in [0.4, 0.5) is 0 Å². The van der Waals surface area contributed by atoms with Crippen molar-refractivity contribution in [2.75, 3.05) is 13.7 Å². The second-order valence-corrected chi connectivity index (χ2v) is 5.90. The van der Waals surface area contributed by atoms with E-state index in [1.165, 1.54) is 38.5 Å². The van der Waals surface area contributed by atoms with Crippen LogP contribution in [0.2, 0.25) is 0 Å². The predicted octanol–water partition coefficient (Wildman–Crippen LogP) is 3.35. The summed E-state index contributed by atoms with van der Waals surface area (Å²) in [4.78, 5) is 0. The van der Waals surface area contributed by atoms with Crippen molar-refractivity contribution in [3.05, 3.63) is 0 Å². The lowest BCUT2D eigenvalue weighted by Crippen LogP contribution is -2.27. The fraction of sp³-hybridized carbons (Fsp3) is 1.00. The van der Waals surface area contributed by atoms with Crippen molar-refractivity contribution in [3.8, 4) is 0 Å². The standard InChI is InChI=1S/C14H29NO/c1-14(2,16-3)10-9-12-7-5-4-6-8-13(12)11-15/h12-13H,4-11,15H2,1-3H3. The van der Waals surface area contributed by atoms with Crippen LogP contribution in [0.1, 0.15) is 58.8 Å². The number of ether oxygens (including phenoxy) is 1. The summed E-state index contributed by atoms with van der Waals surface area (Å²) in [5, 5.41) is 0. The first-order chi connectivity index (χ1) is 7.59. The zero-order chi connectivity index (χ0) is 12.0. The van der Waals surface area contributed by atoms with Crippen LogP contribution in [0.5, 0.6) is 0 Å². The van der Waals surface area contributed by atoms with Crippen LogP contribution in [0.15, 0.2) is 0 Å². The molecular formula is C14H29NO. The summed E-state index contributed by atoms with van der Waals surface area (Å²) in [5.41, 5.74) is 5.94. The van der Waals surface area contributed by atoms with Gasteiger partial charge in [0.25, 0.3) is 0 Å². The van der Waals surface area contributed by atoms with Gasteiger partial charge in [0.15, 0.2) is 0 Å². The summed E-state index contributed by atoms with van der Waals surface area (Å²) in [6, 6.07) is 0. The molecule has 1 saturated carbocycles. The van der Waals surface area contributed by atoms with Gasteiger partial charge in [0, 0.05) is 7.11 Å². The second-order valence-electron chi connectivity index (χ2n) is 5.90. The molecule has 2 atom stereocenters. The smallest absolute Gasteiger partial charge is 0.0622 e. The molecular weight excluding hydrogens is 198 g/mol. The van der Waals surface area contributed by atoms with Gasteiger partial charge in [-0.1, -0.05) is 25.7 Å². The average Bonchev–Trinajstić information content (AvgIpc) is 2.51. The first-order valence-corrected chi connectivity index (χ1v) is 6.84. The van der Waals surface area contributed by atoms with Gasteiger partial charge in [-0.3, -0.25) is 0 Å². The molecule has 0 bridgehead atoms. The Labute approximate surface area is 101 Å². The van der Waals surface area contributed by atoms with E-state index >= 15 is 0 Å². The van der Waals surface area contributed by atoms with Crippen molar-refractivity contribution < 1.29 is 4.74 Å². The van der Waals surface area contributed by atoms with E-state index in [2.05, 4.69) is 13.8 Å². The summed E-state index contributed by atoms with van der Waals surface area (Å²) in [7, 11) is 1.81. The molecule has 0 aliphatic heterocycles. The number of methoxy groups -OCH3 is 1. The lowest BCUT2D eigenvalue weighted by Gasteiger charge is -2.29. The van der Waals surface area contributed by atoms with Gasteiger partial charge in [-0.05, 0) is 51.5 Å². The molecule has 0 heterocycles. The van der Waals surface area contributed by atoms with Gasteiger partial charge < -0.3 is 10.5 Å². The van der Waals surface area contributed by atoms with Crippen LogP contribution >= 0.6 is 0 Å². The van der Waals surface area contributed by atoms with E-state index in [9.17, 15) is 0 Å². The maximum atomic E-state index is 5.90. The largest absolute Gasteiger partial charge is 0.379 e. The van der Waals surface area contributed by atoms with E-state index in [1.807, 2.05) is 7.11 Å². The Bertz CT molecular complexity index is 191. The van der Waals surface area contributed by atoms with Gasteiger partial charge in [0.2, 0.25) is 0 Å². The third kappa shape index (κ3) is 4.42. The third-order valence-electron chi connectivity index (χ3n) is 4.29. The number of nitrogens with two attached hydrogens (primary N) is 1. The monoisotopic (exact) mass is 227 g/mol. The van der Waals surface area contributed by atoms with Crippen molar-refractivity contribution in [3.63, 3.8) is 0 Å². The van der Waals surface area contributed by atoms with Gasteiger partial charge >= 0.3 is 0 Å². The first kappa shape index (κ1) is 14.0. The number of rotatable bonds is 5. The van der Waals surface area contributed by atoms with Crippen molar-refractivity contribution in [2.45, 2.75) is 64.4 Å². The van der Waals surface area contributed by atoms with E-state index in [0.717, 1.165) is 24.8 Å². The molecule has 1 aliphatic rings. The van der Waals surface area contributed by atoms with E-state index in [0.29, 0.717) is 0 Å². The van der Waals surface area contributed by atoms with Crippen LogP contribution in [-0.4, -0.2) is 19.3 Å². The number of hydrogen-bond donors (Lipinski definition) is 1. The molecule has 1 fully saturated rings. The fourth-order valence-corrected chi connectivity index (χ4v) is 2.79. The van der Waals surface area contributed by atoms with Gasteiger partial charge in [-0.2, -0.15) is 0 Å². The minimum absolute atomic E-state index is 0.0332. The normalized spacial score (nSPS) is 27.8. The van der Waals surface area contributed by atoms with E-state index in [4.69, 9.17) is 10.5 Å². The molecule has 16 heavy (non-hydrogen) atoms. The molecule has 96 valence electrons. The molecule has 2 nitrogen and oxygen atoms in total. The minimum atomic E-state index is 0.0332. The Morgan fingerprint density at radius 1 is 1.12 bits per heavy atom. The topological polar surface area (TPSA) is 35.2 Å². The highest BCUT2D eigenvalue weighted by Crippen LogP contribution is 2.33. The van der Waals surface area contributed by atoms with E-state index in [-0.39, 0.29) is 5.60 Å². The van der Waals surface area contributed by atoms with Crippen molar-refractivity contribution in [2.24, 2.45) is 17.6 Å². The molecule has 0 aromatic rings. The summed E-state index contributed by atoms with van der Waals surface area (Å²) in [6.07, 6.45) is 9.34. The Balaban J connectivity index is 2.42. The first-order valence-electron chi connectivity index (χ1n) is 6.84. The highest BCUT2D eigenvalue weighted by molar-refractivity contribution is 4.78. The van der Waals surface area contributed by atoms with Crippen LogP contribution in [0, 0.1) is 11.8 Å². The van der Waals surface area contributed by atoms with Crippen molar-refractivity contribution >= 4 is 0 Å². The molecule has 0 spiro atoms. The maximum absolute atomic E-state index is 5.90.